The highest BCUT2D eigenvalue weighted by molar-refractivity contribution is 6.04. The third-order valence-corrected chi connectivity index (χ3v) is 4.73. The SMILES string of the molecule is Nc1nccn2c(C(=O)CCC(=O)O)nc(-c3ccc(C(=O)Nc4ccccn4)cc3)c12. The minimum absolute atomic E-state index is 0.0716. The molecule has 160 valence electrons. The molecule has 32 heavy (non-hydrogen) atoms. The molecule has 0 atom stereocenters. The van der Waals surface area contributed by atoms with Gasteiger partial charge in [0, 0.05) is 36.1 Å². The van der Waals surface area contributed by atoms with Crippen molar-refractivity contribution in [3.8, 4) is 11.3 Å². The summed E-state index contributed by atoms with van der Waals surface area (Å²) >= 11 is 0. The van der Waals surface area contributed by atoms with Crippen molar-refractivity contribution in [3.05, 3.63) is 72.4 Å². The predicted molar refractivity (Wildman–Crippen MR) is 116 cm³/mol. The van der Waals surface area contributed by atoms with Crippen LogP contribution in [-0.4, -0.2) is 42.1 Å². The van der Waals surface area contributed by atoms with Crippen LogP contribution in [0.3, 0.4) is 0 Å². The zero-order valence-corrected chi connectivity index (χ0v) is 16.7. The number of hydrogen-bond donors (Lipinski definition) is 3. The Morgan fingerprint density at radius 2 is 1.78 bits per heavy atom. The van der Waals surface area contributed by atoms with E-state index in [4.69, 9.17) is 10.8 Å². The number of carboxylic acids is 1. The van der Waals surface area contributed by atoms with Gasteiger partial charge in [-0.15, -0.1) is 0 Å². The van der Waals surface area contributed by atoms with Crippen molar-refractivity contribution in [3.63, 3.8) is 0 Å². The largest absolute Gasteiger partial charge is 0.481 e. The number of carbonyl (C=O) groups excluding carboxylic acids is 2. The van der Waals surface area contributed by atoms with Gasteiger partial charge in [-0.2, -0.15) is 0 Å². The number of nitrogens with zero attached hydrogens (tertiary/aromatic N) is 4. The Labute approximate surface area is 181 Å². The van der Waals surface area contributed by atoms with Crippen molar-refractivity contribution in [1.82, 2.24) is 19.4 Å². The number of aromatic nitrogens is 4. The van der Waals surface area contributed by atoms with Crippen LogP contribution in [0.25, 0.3) is 16.8 Å². The highest BCUT2D eigenvalue weighted by atomic mass is 16.4. The van der Waals surface area contributed by atoms with Gasteiger partial charge in [0.25, 0.3) is 5.91 Å². The number of nitrogen functional groups attached to an aromatic ring is 1. The Hall–Kier alpha value is -4.60. The molecule has 0 radical (unpaired) electrons. The van der Waals surface area contributed by atoms with Gasteiger partial charge in [-0.25, -0.2) is 15.0 Å². The maximum absolute atomic E-state index is 12.6. The minimum Gasteiger partial charge on any atom is -0.481 e. The number of rotatable bonds is 7. The molecular formula is C22H18N6O4. The normalized spacial score (nSPS) is 10.8. The number of Topliss-reactive ketones (excluding diaryl/α,β-unsaturated/α-hetero) is 1. The molecule has 0 aliphatic rings. The van der Waals surface area contributed by atoms with Crippen LogP contribution < -0.4 is 11.1 Å². The minimum atomic E-state index is -1.07. The van der Waals surface area contributed by atoms with E-state index in [1.807, 2.05) is 0 Å². The first-order valence-electron chi connectivity index (χ1n) is 9.64. The molecule has 4 N–H and O–H groups in total. The van der Waals surface area contributed by atoms with Gasteiger partial charge in [0.05, 0.1) is 6.42 Å². The molecule has 0 saturated heterocycles. The topological polar surface area (TPSA) is 153 Å². The number of fused-ring (bicyclic) bond motifs is 1. The van der Waals surface area contributed by atoms with E-state index in [0.29, 0.717) is 28.2 Å². The smallest absolute Gasteiger partial charge is 0.303 e. The standard InChI is InChI=1S/C22H18N6O4/c23-20-19-18(27-21(28(19)12-11-25-20)15(29)8-9-17(30)31)13-4-6-14(7-5-13)22(32)26-16-3-1-2-10-24-16/h1-7,10-12H,8-9H2,(H2,23,25)(H,30,31)(H,24,26,32). The molecule has 10 heteroatoms. The number of nitrogens with two attached hydrogens (primary N) is 1. The average molecular weight is 430 g/mol. The molecule has 4 rings (SSSR count). The van der Waals surface area contributed by atoms with Crippen LogP contribution >= 0.6 is 0 Å². The van der Waals surface area contributed by atoms with Crippen molar-refractivity contribution in [2.45, 2.75) is 12.8 Å². The number of carbonyl (C=O) groups is 3. The van der Waals surface area contributed by atoms with Crippen LogP contribution in [0.4, 0.5) is 11.6 Å². The Balaban J connectivity index is 1.66. The first kappa shape index (κ1) is 20.7. The van der Waals surface area contributed by atoms with Gasteiger partial charge in [-0.1, -0.05) is 18.2 Å². The fourth-order valence-corrected chi connectivity index (χ4v) is 3.20. The van der Waals surface area contributed by atoms with Gasteiger partial charge < -0.3 is 16.2 Å². The summed E-state index contributed by atoms with van der Waals surface area (Å²) in [5.41, 5.74) is 7.91. The fourth-order valence-electron chi connectivity index (χ4n) is 3.20. The van der Waals surface area contributed by atoms with E-state index < -0.39 is 11.8 Å². The van der Waals surface area contributed by atoms with Crippen molar-refractivity contribution in [2.75, 3.05) is 11.1 Å². The van der Waals surface area contributed by atoms with E-state index in [-0.39, 0.29) is 30.4 Å². The van der Waals surface area contributed by atoms with Crippen molar-refractivity contribution < 1.29 is 19.5 Å². The molecule has 0 bridgehead atoms. The average Bonchev–Trinajstić information content (AvgIpc) is 3.19. The zero-order valence-electron chi connectivity index (χ0n) is 16.7. The number of nitrogens with one attached hydrogen (secondary N) is 1. The molecule has 0 aliphatic heterocycles. The second-order valence-electron chi connectivity index (χ2n) is 6.88. The highest BCUT2D eigenvalue weighted by Crippen LogP contribution is 2.29. The third kappa shape index (κ3) is 4.15. The van der Waals surface area contributed by atoms with E-state index in [1.54, 1.807) is 54.9 Å². The first-order valence-corrected chi connectivity index (χ1v) is 9.64. The molecule has 0 unspecified atom stereocenters. The Bertz CT molecular complexity index is 1320. The van der Waals surface area contributed by atoms with E-state index in [0.717, 1.165) is 0 Å². The van der Waals surface area contributed by atoms with Crippen LogP contribution in [0.15, 0.2) is 61.1 Å². The molecule has 0 saturated carbocycles. The van der Waals surface area contributed by atoms with Crippen LogP contribution in [0.5, 0.6) is 0 Å². The summed E-state index contributed by atoms with van der Waals surface area (Å²) in [6.45, 7) is 0. The molecule has 0 fully saturated rings. The van der Waals surface area contributed by atoms with Crippen LogP contribution in [-0.2, 0) is 4.79 Å². The molecule has 1 aromatic carbocycles. The number of pyridine rings is 1. The van der Waals surface area contributed by atoms with E-state index in [9.17, 15) is 14.4 Å². The lowest BCUT2D eigenvalue weighted by Gasteiger charge is -2.05. The van der Waals surface area contributed by atoms with Crippen LogP contribution in [0.1, 0.15) is 33.8 Å². The fraction of sp³-hybridized carbons (Fsp3) is 0.0909. The van der Waals surface area contributed by atoms with Crippen molar-refractivity contribution in [1.29, 1.82) is 0 Å². The first-order chi connectivity index (χ1) is 15.4. The Morgan fingerprint density at radius 1 is 1.00 bits per heavy atom. The van der Waals surface area contributed by atoms with Gasteiger partial charge in [0.1, 0.15) is 22.8 Å². The predicted octanol–water partition coefficient (Wildman–Crippen LogP) is 2.67. The molecule has 3 heterocycles. The summed E-state index contributed by atoms with van der Waals surface area (Å²) in [5.74, 6) is -1.14. The maximum Gasteiger partial charge on any atom is 0.303 e. The van der Waals surface area contributed by atoms with E-state index >= 15 is 0 Å². The molecule has 4 aromatic rings. The van der Waals surface area contributed by atoms with Crippen LogP contribution in [0.2, 0.25) is 0 Å². The number of benzene rings is 1. The van der Waals surface area contributed by atoms with Crippen molar-refractivity contribution >= 4 is 34.8 Å². The molecular weight excluding hydrogens is 412 g/mol. The lowest BCUT2D eigenvalue weighted by atomic mass is 10.1. The number of anilines is 2. The lowest BCUT2D eigenvalue weighted by molar-refractivity contribution is -0.136. The summed E-state index contributed by atoms with van der Waals surface area (Å²) in [5, 5.41) is 11.6. The van der Waals surface area contributed by atoms with Gasteiger partial charge in [-0.05, 0) is 24.3 Å². The van der Waals surface area contributed by atoms with Gasteiger partial charge in [0.2, 0.25) is 0 Å². The van der Waals surface area contributed by atoms with Gasteiger partial charge in [0.15, 0.2) is 11.6 Å². The number of aliphatic carboxylic acids is 1. The molecule has 1 amide bonds. The molecule has 10 nitrogen and oxygen atoms in total. The number of hydrogen-bond acceptors (Lipinski definition) is 7. The second-order valence-corrected chi connectivity index (χ2v) is 6.88. The zero-order chi connectivity index (χ0) is 22.7. The van der Waals surface area contributed by atoms with Crippen LogP contribution in [0, 0.1) is 0 Å². The van der Waals surface area contributed by atoms with Gasteiger partial charge >= 0.3 is 5.97 Å². The monoisotopic (exact) mass is 430 g/mol. The Kier molecular flexibility index (Phi) is 5.58. The molecule has 0 aliphatic carbocycles. The van der Waals surface area contributed by atoms with Gasteiger partial charge in [-0.3, -0.25) is 18.8 Å². The van der Waals surface area contributed by atoms with E-state index in [2.05, 4.69) is 20.3 Å². The number of carboxylic acid groups (broad SMARTS) is 1. The number of ketones is 1. The van der Waals surface area contributed by atoms with Crippen molar-refractivity contribution in [2.24, 2.45) is 0 Å². The number of amides is 1. The summed E-state index contributed by atoms with van der Waals surface area (Å²) in [6.07, 6.45) is 4.07. The highest BCUT2D eigenvalue weighted by Gasteiger charge is 2.21. The lowest BCUT2D eigenvalue weighted by Crippen LogP contribution is -2.12. The molecule has 3 aromatic heterocycles. The summed E-state index contributed by atoms with van der Waals surface area (Å²) < 4.78 is 1.50. The quantitative estimate of drug-likeness (QED) is 0.378. The molecule has 0 spiro atoms. The maximum atomic E-state index is 12.6. The third-order valence-electron chi connectivity index (χ3n) is 4.73. The second kappa shape index (κ2) is 8.64. The summed E-state index contributed by atoms with van der Waals surface area (Å²) in [4.78, 5) is 48.4. The van der Waals surface area contributed by atoms with E-state index in [1.165, 1.54) is 10.6 Å². The Morgan fingerprint density at radius 3 is 2.47 bits per heavy atom. The summed E-state index contributed by atoms with van der Waals surface area (Å²) in [6, 6.07) is 11.8. The summed E-state index contributed by atoms with van der Waals surface area (Å²) in [7, 11) is 0. The number of imidazole rings is 1.